The van der Waals surface area contributed by atoms with E-state index in [-0.39, 0.29) is 6.04 Å². The summed E-state index contributed by atoms with van der Waals surface area (Å²) in [6.07, 6.45) is 4.72. The van der Waals surface area contributed by atoms with E-state index in [1.807, 2.05) is 0 Å². The number of unbranched alkanes of at least 4 members (excludes halogenated alkanes) is 1. The molecule has 1 unspecified atom stereocenters. The van der Waals surface area contributed by atoms with Crippen LogP contribution >= 0.6 is 0 Å². The van der Waals surface area contributed by atoms with E-state index < -0.39 is 0 Å². The van der Waals surface area contributed by atoms with Gasteiger partial charge in [0.15, 0.2) is 0 Å². The number of aryl methyl sites for hydroxylation is 1. The highest BCUT2D eigenvalue weighted by atomic mass is 15.1. The molecule has 2 N–H and O–H groups in total. The third-order valence-corrected chi connectivity index (χ3v) is 4.37. The Morgan fingerprint density at radius 3 is 2.57 bits per heavy atom. The second-order valence-corrected chi connectivity index (χ2v) is 5.88. The number of hydrogen-bond donors (Lipinski definition) is 1. The number of anilines is 1. The number of nitrogens with two attached hydrogens (primary N) is 1. The van der Waals surface area contributed by atoms with Crippen LogP contribution < -0.4 is 10.6 Å². The average molecular weight is 280 g/mol. The number of fused-ring (bicyclic) bond motifs is 1. The van der Waals surface area contributed by atoms with Crippen LogP contribution in [0, 0.1) is 0 Å². The van der Waals surface area contributed by atoms with Gasteiger partial charge in [0.25, 0.3) is 0 Å². The molecule has 110 valence electrons. The van der Waals surface area contributed by atoms with E-state index >= 15 is 0 Å². The number of rotatable bonds is 5. The lowest BCUT2D eigenvalue weighted by Gasteiger charge is -2.34. The van der Waals surface area contributed by atoms with Crippen LogP contribution in [-0.4, -0.2) is 13.1 Å². The Labute approximate surface area is 127 Å². The molecule has 2 aromatic carbocycles. The first-order chi connectivity index (χ1) is 10.3. The second kappa shape index (κ2) is 6.77. The van der Waals surface area contributed by atoms with Crippen molar-refractivity contribution in [3.8, 4) is 0 Å². The van der Waals surface area contributed by atoms with Gasteiger partial charge in [0.05, 0.1) is 0 Å². The first kappa shape index (κ1) is 14.2. The van der Waals surface area contributed by atoms with E-state index in [0.717, 1.165) is 19.5 Å². The molecule has 0 radical (unpaired) electrons. The summed E-state index contributed by atoms with van der Waals surface area (Å²) >= 11 is 0. The van der Waals surface area contributed by atoms with Crippen LogP contribution in [0.2, 0.25) is 0 Å². The molecule has 0 aliphatic carbocycles. The Morgan fingerprint density at radius 2 is 1.71 bits per heavy atom. The smallest absolute Gasteiger partial charge is 0.0414 e. The molecule has 2 aromatic rings. The Bertz CT molecular complexity index is 565. The molecular weight excluding hydrogens is 256 g/mol. The molecule has 0 saturated carbocycles. The van der Waals surface area contributed by atoms with Crippen LogP contribution in [0.25, 0.3) is 0 Å². The van der Waals surface area contributed by atoms with Gasteiger partial charge in [-0.15, -0.1) is 0 Å². The molecular formula is C19H24N2. The molecule has 1 heterocycles. The van der Waals surface area contributed by atoms with Gasteiger partial charge in [0, 0.05) is 24.8 Å². The van der Waals surface area contributed by atoms with Crippen LogP contribution in [0.4, 0.5) is 5.69 Å². The largest absolute Gasteiger partial charge is 0.371 e. The molecule has 0 bridgehead atoms. The number of hydrogen-bond acceptors (Lipinski definition) is 2. The zero-order valence-electron chi connectivity index (χ0n) is 12.5. The van der Waals surface area contributed by atoms with E-state index in [4.69, 9.17) is 5.73 Å². The van der Waals surface area contributed by atoms with E-state index in [1.165, 1.54) is 36.1 Å². The van der Waals surface area contributed by atoms with Crippen molar-refractivity contribution in [2.75, 3.05) is 18.0 Å². The van der Waals surface area contributed by atoms with Crippen molar-refractivity contribution in [3.63, 3.8) is 0 Å². The molecule has 2 heteroatoms. The molecule has 2 nitrogen and oxygen atoms in total. The second-order valence-electron chi connectivity index (χ2n) is 5.88. The van der Waals surface area contributed by atoms with Crippen molar-refractivity contribution in [2.24, 2.45) is 5.73 Å². The number of benzene rings is 2. The summed E-state index contributed by atoms with van der Waals surface area (Å²) in [7, 11) is 0. The topological polar surface area (TPSA) is 29.3 Å². The predicted molar refractivity (Wildman–Crippen MR) is 89.6 cm³/mol. The fourth-order valence-electron chi connectivity index (χ4n) is 3.17. The zero-order valence-corrected chi connectivity index (χ0v) is 12.5. The van der Waals surface area contributed by atoms with Gasteiger partial charge in [-0.05, 0) is 42.9 Å². The summed E-state index contributed by atoms with van der Waals surface area (Å²) in [4.78, 5) is 2.50. The minimum atomic E-state index is 0.210. The molecule has 1 aliphatic heterocycles. The average Bonchev–Trinajstić information content (AvgIpc) is 2.55. The highest BCUT2D eigenvalue weighted by Crippen LogP contribution is 2.32. The van der Waals surface area contributed by atoms with Gasteiger partial charge >= 0.3 is 0 Å². The molecule has 0 spiro atoms. The Morgan fingerprint density at radius 1 is 0.952 bits per heavy atom. The van der Waals surface area contributed by atoms with E-state index in [1.54, 1.807) is 0 Å². The maximum absolute atomic E-state index is 6.21. The quantitative estimate of drug-likeness (QED) is 0.841. The lowest BCUT2D eigenvalue weighted by molar-refractivity contribution is 0.576. The van der Waals surface area contributed by atoms with Crippen LogP contribution in [0.1, 0.15) is 36.4 Å². The van der Waals surface area contributed by atoms with Crippen LogP contribution in [0.15, 0.2) is 54.6 Å². The van der Waals surface area contributed by atoms with Crippen molar-refractivity contribution in [2.45, 2.75) is 31.7 Å². The van der Waals surface area contributed by atoms with Crippen molar-refractivity contribution in [3.05, 3.63) is 65.7 Å². The summed E-state index contributed by atoms with van der Waals surface area (Å²) in [5, 5.41) is 0. The molecule has 0 amide bonds. The Kier molecular flexibility index (Phi) is 4.56. The van der Waals surface area contributed by atoms with Crippen molar-refractivity contribution >= 4 is 5.69 Å². The maximum Gasteiger partial charge on any atom is 0.0414 e. The third-order valence-electron chi connectivity index (χ3n) is 4.37. The van der Waals surface area contributed by atoms with Gasteiger partial charge in [0.1, 0.15) is 0 Å². The molecule has 3 rings (SSSR count). The summed E-state index contributed by atoms with van der Waals surface area (Å²) in [5.74, 6) is 0. The fourth-order valence-corrected chi connectivity index (χ4v) is 3.17. The molecule has 1 atom stereocenters. The van der Waals surface area contributed by atoms with Crippen molar-refractivity contribution in [1.29, 1.82) is 0 Å². The first-order valence-corrected chi connectivity index (χ1v) is 7.98. The summed E-state index contributed by atoms with van der Waals surface area (Å²) < 4.78 is 0. The Balaban J connectivity index is 1.53. The first-order valence-electron chi connectivity index (χ1n) is 7.98. The highest BCUT2D eigenvalue weighted by molar-refractivity contribution is 5.56. The van der Waals surface area contributed by atoms with Crippen molar-refractivity contribution < 1.29 is 0 Å². The minimum Gasteiger partial charge on any atom is -0.371 e. The normalized spacial score (nSPS) is 17.6. The maximum atomic E-state index is 6.21. The fraction of sp³-hybridized carbons (Fsp3) is 0.368. The molecule has 0 fully saturated rings. The monoisotopic (exact) mass is 280 g/mol. The SMILES string of the molecule is NC1CCN(CCCCc2ccccc2)c2ccccc21. The molecule has 0 aromatic heterocycles. The van der Waals surface area contributed by atoms with Gasteiger partial charge in [-0.25, -0.2) is 0 Å². The molecule has 1 aliphatic rings. The van der Waals surface area contributed by atoms with Gasteiger partial charge in [0.2, 0.25) is 0 Å². The predicted octanol–water partition coefficient (Wildman–Crippen LogP) is 3.92. The van der Waals surface area contributed by atoms with Gasteiger partial charge in [-0.2, -0.15) is 0 Å². The number of nitrogens with zero attached hydrogens (tertiary/aromatic N) is 1. The minimum absolute atomic E-state index is 0.210. The Hall–Kier alpha value is -1.80. The van der Waals surface area contributed by atoms with Crippen molar-refractivity contribution in [1.82, 2.24) is 0 Å². The molecule has 21 heavy (non-hydrogen) atoms. The summed E-state index contributed by atoms with van der Waals surface area (Å²) in [5.41, 5.74) is 10.3. The number of para-hydroxylation sites is 1. The van der Waals surface area contributed by atoms with Crippen LogP contribution in [0.5, 0.6) is 0 Å². The van der Waals surface area contributed by atoms with Gasteiger partial charge < -0.3 is 10.6 Å². The van der Waals surface area contributed by atoms with E-state index in [9.17, 15) is 0 Å². The van der Waals surface area contributed by atoms with Crippen LogP contribution in [-0.2, 0) is 6.42 Å². The van der Waals surface area contributed by atoms with Gasteiger partial charge in [-0.1, -0.05) is 48.5 Å². The lowest BCUT2D eigenvalue weighted by Crippen LogP contribution is -2.34. The standard InChI is InChI=1S/C19H24N2/c20-18-13-15-21(19-12-5-4-11-17(18)19)14-7-6-10-16-8-2-1-3-9-16/h1-5,8-9,11-12,18H,6-7,10,13-15,20H2. The van der Waals surface area contributed by atoms with E-state index in [0.29, 0.717) is 0 Å². The van der Waals surface area contributed by atoms with Gasteiger partial charge in [-0.3, -0.25) is 0 Å². The molecule has 0 saturated heterocycles. The zero-order chi connectivity index (χ0) is 14.5. The summed E-state index contributed by atoms with van der Waals surface area (Å²) in [6, 6.07) is 19.6. The van der Waals surface area contributed by atoms with E-state index in [2.05, 4.69) is 59.5 Å². The summed E-state index contributed by atoms with van der Waals surface area (Å²) in [6.45, 7) is 2.22. The van der Waals surface area contributed by atoms with Crippen LogP contribution in [0.3, 0.4) is 0 Å². The lowest BCUT2D eigenvalue weighted by atomic mass is 9.97. The highest BCUT2D eigenvalue weighted by Gasteiger charge is 2.21. The third kappa shape index (κ3) is 3.45.